The topological polar surface area (TPSA) is 47.9 Å². The molecule has 0 saturated carbocycles. The van der Waals surface area contributed by atoms with Crippen molar-refractivity contribution in [3.8, 4) is 5.75 Å². The number of hydrogen-bond acceptors (Lipinski definition) is 4. The van der Waals surface area contributed by atoms with Gasteiger partial charge < -0.3 is 9.57 Å². The van der Waals surface area contributed by atoms with Crippen LogP contribution in [0.4, 0.5) is 0 Å². The van der Waals surface area contributed by atoms with Crippen LogP contribution in [0.5, 0.6) is 5.75 Å². The number of nitrogens with zero attached hydrogens (tertiary/aromatic N) is 1. The summed E-state index contributed by atoms with van der Waals surface area (Å²) in [6.45, 7) is 0.157. The lowest BCUT2D eigenvalue weighted by Gasteiger charge is -2.05. The van der Waals surface area contributed by atoms with Crippen molar-refractivity contribution in [2.45, 2.75) is 13.0 Å². The van der Waals surface area contributed by atoms with Crippen molar-refractivity contribution < 1.29 is 14.4 Å². The van der Waals surface area contributed by atoms with Crippen molar-refractivity contribution in [3.63, 3.8) is 0 Å². The van der Waals surface area contributed by atoms with E-state index >= 15 is 0 Å². The molecule has 0 N–H and O–H groups in total. The van der Waals surface area contributed by atoms with Crippen molar-refractivity contribution >= 4 is 58.6 Å². The van der Waals surface area contributed by atoms with Gasteiger partial charge in [0, 0.05) is 20.6 Å². The van der Waals surface area contributed by atoms with Gasteiger partial charge in [-0.05, 0) is 30.3 Å². The van der Waals surface area contributed by atoms with Crippen LogP contribution in [0.15, 0.2) is 41.6 Å². The Morgan fingerprint density at radius 1 is 1.00 bits per heavy atom. The monoisotopic (exact) mass is 405 g/mol. The van der Waals surface area contributed by atoms with E-state index in [0.29, 0.717) is 15.1 Å². The van der Waals surface area contributed by atoms with Gasteiger partial charge in [0.05, 0.1) is 17.7 Å². The SMILES string of the molecule is O=C(C/C=N\OCc1ccc(Cl)cc1Cl)Oc1ccc(Cl)cc1Cl. The first-order valence-electron chi connectivity index (χ1n) is 6.69. The summed E-state index contributed by atoms with van der Waals surface area (Å²) in [7, 11) is 0. The number of ether oxygens (including phenoxy) is 1. The van der Waals surface area contributed by atoms with E-state index in [-0.39, 0.29) is 23.8 Å². The van der Waals surface area contributed by atoms with Crippen LogP contribution in [0, 0.1) is 0 Å². The van der Waals surface area contributed by atoms with Crippen molar-refractivity contribution in [2.24, 2.45) is 5.16 Å². The molecular formula is C16H11Cl4NO3. The summed E-state index contributed by atoms with van der Waals surface area (Å²) >= 11 is 23.5. The molecule has 0 fully saturated rings. The molecule has 0 atom stereocenters. The molecule has 2 rings (SSSR count). The van der Waals surface area contributed by atoms with Gasteiger partial charge in [-0.1, -0.05) is 57.6 Å². The lowest BCUT2D eigenvalue weighted by atomic mass is 10.2. The third-order valence-corrected chi connectivity index (χ3v) is 3.88. The quantitative estimate of drug-likeness (QED) is 0.263. The fourth-order valence-corrected chi connectivity index (χ4v) is 2.54. The zero-order valence-corrected chi connectivity index (χ0v) is 15.2. The second-order valence-corrected chi connectivity index (χ2v) is 6.24. The number of benzene rings is 2. The van der Waals surface area contributed by atoms with E-state index in [2.05, 4.69) is 5.16 Å². The minimum atomic E-state index is -0.531. The molecule has 0 bridgehead atoms. The zero-order chi connectivity index (χ0) is 17.5. The van der Waals surface area contributed by atoms with Gasteiger partial charge in [0.25, 0.3) is 0 Å². The highest BCUT2D eigenvalue weighted by atomic mass is 35.5. The van der Waals surface area contributed by atoms with Crippen LogP contribution < -0.4 is 4.74 Å². The van der Waals surface area contributed by atoms with Gasteiger partial charge in [-0.25, -0.2) is 0 Å². The fraction of sp³-hybridized carbons (Fsp3) is 0.125. The lowest BCUT2D eigenvalue weighted by molar-refractivity contribution is -0.132. The van der Waals surface area contributed by atoms with Crippen LogP contribution >= 0.6 is 46.4 Å². The molecule has 4 nitrogen and oxygen atoms in total. The summed E-state index contributed by atoms with van der Waals surface area (Å²) in [6.07, 6.45) is 1.21. The third-order valence-electron chi connectivity index (χ3n) is 2.76. The number of esters is 1. The molecule has 0 unspecified atom stereocenters. The second-order valence-electron chi connectivity index (χ2n) is 4.55. The molecule has 0 heterocycles. The summed E-state index contributed by atoms with van der Waals surface area (Å²) in [5.74, 6) is -0.301. The number of rotatable bonds is 6. The van der Waals surface area contributed by atoms with Gasteiger partial charge in [-0.15, -0.1) is 0 Å². The minimum Gasteiger partial charge on any atom is -0.425 e. The van der Waals surface area contributed by atoms with Gasteiger partial charge in [0.15, 0.2) is 0 Å². The van der Waals surface area contributed by atoms with Crippen LogP contribution in [-0.2, 0) is 16.2 Å². The highest BCUT2D eigenvalue weighted by Crippen LogP contribution is 2.27. The van der Waals surface area contributed by atoms with Crippen molar-refractivity contribution in [1.29, 1.82) is 0 Å². The normalized spacial score (nSPS) is 10.8. The van der Waals surface area contributed by atoms with Gasteiger partial charge in [0.1, 0.15) is 12.4 Å². The van der Waals surface area contributed by atoms with Crippen LogP contribution in [0.25, 0.3) is 0 Å². The number of carbonyl (C=O) groups is 1. The first kappa shape index (κ1) is 18.9. The molecule has 126 valence electrons. The number of halogens is 4. The summed E-state index contributed by atoms with van der Waals surface area (Å²) in [5.41, 5.74) is 0.730. The number of carbonyl (C=O) groups excluding carboxylic acids is 1. The minimum absolute atomic E-state index is 0.0761. The first-order valence-corrected chi connectivity index (χ1v) is 8.20. The molecule has 0 saturated heterocycles. The maximum atomic E-state index is 11.7. The molecule has 0 radical (unpaired) electrons. The van der Waals surface area contributed by atoms with E-state index in [1.54, 1.807) is 24.3 Å². The largest absolute Gasteiger partial charge is 0.425 e. The Hall–Kier alpha value is -1.46. The Balaban J connectivity index is 1.78. The summed E-state index contributed by atoms with van der Waals surface area (Å²) in [4.78, 5) is 16.7. The van der Waals surface area contributed by atoms with Crippen LogP contribution in [0.2, 0.25) is 20.1 Å². The van der Waals surface area contributed by atoms with Crippen molar-refractivity contribution in [2.75, 3.05) is 0 Å². The molecule has 0 spiro atoms. The van der Waals surface area contributed by atoms with Crippen LogP contribution in [0.1, 0.15) is 12.0 Å². The lowest BCUT2D eigenvalue weighted by Crippen LogP contribution is -2.08. The summed E-state index contributed by atoms with van der Waals surface area (Å²) in [6, 6.07) is 9.61. The van der Waals surface area contributed by atoms with Gasteiger partial charge in [-0.3, -0.25) is 4.79 Å². The molecule has 0 aliphatic rings. The van der Waals surface area contributed by atoms with E-state index in [1.807, 2.05) is 0 Å². The van der Waals surface area contributed by atoms with Gasteiger partial charge in [-0.2, -0.15) is 0 Å². The smallest absolute Gasteiger partial charge is 0.316 e. The first-order chi connectivity index (χ1) is 11.5. The standard InChI is InChI=1S/C16H11Cl4NO3/c17-11-2-1-10(13(19)7-11)9-23-21-6-5-16(22)24-15-4-3-12(18)8-14(15)20/h1-4,6-8H,5,9H2/b21-6-. The predicted molar refractivity (Wildman–Crippen MR) is 96.5 cm³/mol. The molecule has 2 aromatic rings. The summed E-state index contributed by atoms with van der Waals surface area (Å²) < 4.78 is 5.09. The fourth-order valence-electron chi connectivity index (χ4n) is 1.63. The number of oxime groups is 1. The second kappa shape index (κ2) is 9.14. The molecule has 0 aliphatic carbocycles. The third kappa shape index (κ3) is 5.87. The average Bonchev–Trinajstić information content (AvgIpc) is 2.51. The van der Waals surface area contributed by atoms with E-state index in [1.165, 1.54) is 18.3 Å². The van der Waals surface area contributed by atoms with E-state index in [9.17, 15) is 4.79 Å². The molecular weight excluding hydrogens is 396 g/mol. The van der Waals surface area contributed by atoms with Gasteiger partial charge in [0.2, 0.25) is 0 Å². The molecule has 8 heteroatoms. The number of hydrogen-bond donors (Lipinski definition) is 0. The maximum Gasteiger partial charge on any atom is 0.316 e. The van der Waals surface area contributed by atoms with Crippen molar-refractivity contribution in [1.82, 2.24) is 0 Å². The Morgan fingerprint density at radius 2 is 1.67 bits per heavy atom. The zero-order valence-electron chi connectivity index (χ0n) is 12.1. The molecule has 2 aromatic carbocycles. The molecule has 0 aliphatic heterocycles. The van der Waals surface area contributed by atoms with E-state index in [0.717, 1.165) is 5.56 Å². The molecule has 24 heavy (non-hydrogen) atoms. The predicted octanol–water partition coefficient (Wildman–Crippen LogP) is 5.80. The van der Waals surface area contributed by atoms with E-state index < -0.39 is 5.97 Å². The summed E-state index contributed by atoms with van der Waals surface area (Å²) in [5, 5.41) is 5.40. The highest BCUT2D eigenvalue weighted by Gasteiger charge is 2.08. The highest BCUT2D eigenvalue weighted by molar-refractivity contribution is 6.35. The Bertz CT molecular complexity index is 765. The average molecular weight is 407 g/mol. The molecule has 0 amide bonds. The Labute approximate surface area is 158 Å². The van der Waals surface area contributed by atoms with Crippen LogP contribution in [0.3, 0.4) is 0 Å². The van der Waals surface area contributed by atoms with Gasteiger partial charge >= 0.3 is 5.97 Å². The molecule has 0 aromatic heterocycles. The Kier molecular flexibility index (Phi) is 7.18. The van der Waals surface area contributed by atoms with Crippen molar-refractivity contribution in [3.05, 3.63) is 62.1 Å². The van der Waals surface area contributed by atoms with E-state index in [4.69, 9.17) is 56.0 Å². The Morgan fingerprint density at radius 3 is 2.33 bits per heavy atom. The van der Waals surface area contributed by atoms with Crippen LogP contribution in [-0.4, -0.2) is 12.2 Å². The maximum absolute atomic E-state index is 11.7.